The van der Waals surface area contributed by atoms with E-state index in [0.29, 0.717) is 12.5 Å². The van der Waals surface area contributed by atoms with Gasteiger partial charge in [-0.25, -0.2) is 0 Å². The van der Waals surface area contributed by atoms with Crippen molar-refractivity contribution in [3.63, 3.8) is 0 Å². The van der Waals surface area contributed by atoms with Crippen LogP contribution in [0.5, 0.6) is 0 Å². The molecular weight excluding hydrogens is 228 g/mol. The van der Waals surface area contributed by atoms with Crippen LogP contribution in [0.3, 0.4) is 0 Å². The number of ether oxygens (including phenoxy) is 1. The maximum atomic E-state index is 11.5. The first-order valence-corrected chi connectivity index (χ1v) is 7.04. The Labute approximate surface area is 99.2 Å². The molecule has 0 rings (SSSR count). The summed E-state index contributed by atoms with van der Waals surface area (Å²) >= 11 is 0. The van der Waals surface area contributed by atoms with Crippen LogP contribution in [0, 0.1) is 11.8 Å². The predicted molar refractivity (Wildman–Crippen MR) is 63.5 cm³/mol. The minimum atomic E-state index is -1.17. The van der Waals surface area contributed by atoms with Gasteiger partial charge in [0, 0.05) is 22.8 Å². The molecule has 0 spiro atoms. The van der Waals surface area contributed by atoms with Crippen LogP contribution >= 0.6 is 0 Å². The summed E-state index contributed by atoms with van der Waals surface area (Å²) < 4.78 is 16.0. The van der Waals surface area contributed by atoms with E-state index in [1.54, 1.807) is 0 Å². The van der Waals surface area contributed by atoms with Crippen LogP contribution in [0.4, 0.5) is 0 Å². The quantitative estimate of drug-likeness (QED) is 0.501. The third-order valence-electron chi connectivity index (χ3n) is 2.12. The molecule has 0 aliphatic carbocycles. The Morgan fingerprint density at radius 2 is 1.88 bits per heavy atom. The van der Waals surface area contributed by atoms with Crippen LogP contribution in [-0.2, 0) is 25.1 Å². The fraction of sp³-hybridized carbons (Fsp3) is 0.818. The third-order valence-corrected chi connectivity index (χ3v) is 2.92. The normalized spacial score (nSPS) is 14.6. The van der Waals surface area contributed by atoms with Gasteiger partial charge in [-0.2, -0.15) is 0 Å². The van der Waals surface area contributed by atoms with E-state index in [1.807, 2.05) is 13.8 Å². The molecule has 2 atom stereocenters. The number of carbonyl (C=O) groups is 2. The van der Waals surface area contributed by atoms with Gasteiger partial charge in [-0.15, -0.1) is 0 Å². The number of rotatable bonds is 7. The van der Waals surface area contributed by atoms with Crippen molar-refractivity contribution < 1.29 is 18.5 Å². The molecule has 16 heavy (non-hydrogen) atoms. The summed E-state index contributed by atoms with van der Waals surface area (Å²) in [6.07, 6.45) is 2.24. The molecule has 0 aromatic carbocycles. The summed E-state index contributed by atoms with van der Waals surface area (Å²) in [5.41, 5.74) is 0. The first-order chi connectivity index (χ1) is 7.34. The van der Waals surface area contributed by atoms with E-state index >= 15 is 0 Å². The molecule has 0 aliphatic rings. The Morgan fingerprint density at radius 1 is 1.31 bits per heavy atom. The average Bonchev–Trinajstić information content (AvgIpc) is 2.12. The summed E-state index contributed by atoms with van der Waals surface area (Å²) in [5.74, 6) is -1.22. The Balaban J connectivity index is 4.18. The molecule has 0 saturated carbocycles. The first kappa shape index (κ1) is 15.3. The van der Waals surface area contributed by atoms with Crippen molar-refractivity contribution in [1.82, 2.24) is 0 Å². The second-order valence-electron chi connectivity index (χ2n) is 4.25. The Morgan fingerprint density at radius 3 is 2.25 bits per heavy atom. The zero-order chi connectivity index (χ0) is 12.7. The molecular formula is C11H20O4S. The zero-order valence-electron chi connectivity index (χ0n) is 10.3. The lowest BCUT2D eigenvalue weighted by atomic mass is 10.1. The van der Waals surface area contributed by atoms with Crippen molar-refractivity contribution in [3.05, 3.63) is 0 Å². The van der Waals surface area contributed by atoms with Gasteiger partial charge in [0.05, 0.1) is 6.61 Å². The number of ketones is 1. The van der Waals surface area contributed by atoms with Gasteiger partial charge in [-0.3, -0.25) is 13.8 Å². The highest BCUT2D eigenvalue weighted by Crippen LogP contribution is 2.06. The molecule has 0 aromatic heterocycles. The highest BCUT2D eigenvalue weighted by molar-refractivity contribution is 7.84. The van der Waals surface area contributed by atoms with Gasteiger partial charge in [0.15, 0.2) is 0 Å². The number of esters is 1. The maximum absolute atomic E-state index is 11.5. The molecule has 0 heterocycles. The van der Waals surface area contributed by atoms with Crippen molar-refractivity contribution in [2.24, 2.45) is 11.8 Å². The van der Waals surface area contributed by atoms with Gasteiger partial charge in [0.25, 0.3) is 0 Å². The summed E-state index contributed by atoms with van der Waals surface area (Å²) in [7, 11) is -1.17. The number of hydrogen-bond donors (Lipinski definition) is 0. The SMILES string of the molecule is CC(=O)C(CS(C)=O)C(=O)OCCC(C)C. The lowest BCUT2D eigenvalue weighted by Crippen LogP contribution is -2.29. The second kappa shape index (κ2) is 7.54. The van der Waals surface area contributed by atoms with E-state index in [0.717, 1.165) is 6.42 Å². The van der Waals surface area contributed by atoms with Crippen LogP contribution in [-0.4, -0.2) is 34.6 Å². The molecule has 4 nitrogen and oxygen atoms in total. The smallest absolute Gasteiger partial charge is 0.317 e. The predicted octanol–water partition coefficient (Wildman–Crippen LogP) is 1.16. The summed E-state index contributed by atoms with van der Waals surface area (Å²) in [4.78, 5) is 22.7. The highest BCUT2D eigenvalue weighted by Gasteiger charge is 2.26. The van der Waals surface area contributed by atoms with Gasteiger partial charge in [-0.1, -0.05) is 13.8 Å². The average molecular weight is 248 g/mol. The van der Waals surface area contributed by atoms with E-state index in [2.05, 4.69) is 0 Å². The Bertz CT molecular complexity index is 273. The minimum Gasteiger partial charge on any atom is -0.465 e. The van der Waals surface area contributed by atoms with E-state index in [9.17, 15) is 13.8 Å². The zero-order valence-corrected chi connectivity index (χ0v) is 11.1. The van der Waals surface area contributed by atoms with Crippen LogP contribution in [0.25, 0.3) is 0 Å². The molecule has 0 amide bonds. The molecule has 0 bridgehead atoms. The van der Waals surface area contributed by atoms with Gasteiger partial charge < -0.3 is 4.74 Å². The maximum Gasteiger partial charge on any atom is 0.317 e. The molecule has 0 saturated heterocycles. The van der Waals surface area contributed by atoms with Gasteiger partial charge in [0.2, 0.25) is 0 Å². The van der Waals surface area contributed by atoms with Gasteiger partial charge >= 0.3 is 5.97 Å². The van der Waals surface area contributed by atoms with Crippen molar-refractivity contribution in [2.45, 2.75) is 27.2 Å². The first-order valence-electron chi connectivity index (χ1n) is 5.31. The van der Waals surface area contributed by atoms with Crippen molar-refractivity contribution >= 4 is 22.6 Å². The van der Waals surface area contributed by atoms with Crippen LogP contribution < -0.4 is 0 Å². The van der Waals surface area contributed by atoms with Gasteiger partial charge in [0.1, 0.15) is 11.7 Å². The fourth-order valence-electron chi connectivity index (χ4n) is 1.08. The molecule has 5 heteroatoms. The van der Waals surface area contributed by atoms with E-state index in [4.69, 9.17) is 4.74 Å². The summed E-state index contributed by atoms with van der Waals surface area (Å²) in [6.45, 7) is 5.69. The van der Waals surface area contributed by atoms with Crippen molar-refractivity contribution in [1.29, 1.82) is 0 Å². The van der Waals surface area contributed by atoms with Crippen LogP contribution in [0.2, 0.25) is 0 Å². The standard InChI is InChI=1S/C11H20O4S/c1-8(2)5-6-15-11(13)10(9(3)12)7-16(4)14/h8,10H,5-7H2,1-4H3. The molecule has 0 aromatic rings. The topological polar surface area (TPSA) is 60.4 Å². The Kier molecular flexibility index (Phi) is 7.21. The van der Waals surface area contributed by atoms with E-state index in [-0.39, 0.29) is 11.5 Å². The monoisotopic (exact) mass is 248 g/mol. The highest BCUT2D eigenvalue weighted by atomic mass is 32.2. The summed E-state index contributed by atoms with van der Waals surface area (Å²) in [6, 6.07) is 0. The molecule has 0 aliphatic heterocycles. The van der Waals surface area contributed by atoms with Crippen LogP contribution in [0.15, 0.2) is 0 Å². The Hall–Kier alpha value is -0.710. The van der Waals surface area contributed by atoms with E-state index in [1.165, 1.54) is 13.2 Å². The van der Waals surface area contributed by atoms with E-state index < -0.39 is 22.7 Å². The molecule has 0 N–H and O–H groups in total. The number of hydrogen-bond acceptors (Lipinski definition) is 4. The number of carbonyl (C=O) groups excluding carboxylic acids is 2. The van der Waals surface area contributed by atoms with Gasteiger partial charge in [-0.05, 0) is 19.3 Å². The molecule has 94 valence electrons. The van der Waals surface area contributed by atoms with Crippen molar-refractivity contribution in [3.8, 4) is 0 Å². The van der Waals surface area contributed by atoms with Crippen molar-refractivity contribution in [2.75, 3.05) is 18.6 Å². The largest absolute Gasteiger partial charge is 0.465 e. The second-order valence-corrected chi connectivity index (χ2v) is 5.73. The molecule has 0 radical (unpaired) electrons. The lowest BCUT2D eigenvalue weighted by Gasteiger charge is -2.12. The molecule has 0 fully saturated rings. The minimum absolute atomic E-state index is 0.0514. The van der Waals surface area contributed by atoms with Crippen LogP contribution in [0.1, 0.15) is 27.2 Å². The third kappa shape index (κ3) is 6.71. The lowest BCUT2D eigenvalue weighted by molar-refractivity contribution is -0.150. The number of Topliss-reactive ketones (excluding diaryl/α,β-unsaturated/α-hetero) is 1. The fourth-order valence-corrected chi connectivity index (χ4v) is 1.92. The summed E-state index contributed by atoms with van der Waals surface area (Å²) in [5, 5.41) is 0. The molecule has 2 unspecified atom stereocenters.